The van der Waals surface area contributed by atoms with Crippen LogP contribution in [0.15, 0.2) is 47.4 Å². The van der Waals surface area contributed by atoms with Gasteiger partial charge in [0.15, 0.2) is 0 Å². The summed E-state index contributed by atoms with van der Waals surface area (Å²) in [6.45, 7) is 4.17. The predicted octanol–water partition coefficient (Wildman–Crippen LogP) is 3.63. The normalized spacial score (nSPS) is 11.4. The number of carbonyl (C=O) groups excluding carboxylic acids is 1. The average Bonchev–Trinajstić information content (AvgIpc) is 2.64. The number of sulfonamides is 1. The van der Waals surface area contributed by atoms with Gasteiger partial charge < -0.3 is 10.1 Å². The minimum absolute atomic E-state index is 0.0320. The molecule has 0 aliphatic heterocycles. The van der Waals surface area contributed by atoms with Gasteiger partial charge in [-0.05, 0) is 42.5 Å². The Kier molecular flexibility index (Phi) is 6.63. The average molecular weight is 397 g/mol. The largest absolute Gasteiger partial charge is 0.497 e. The van der Waals surface area contributed by atoms with Crippen molar-refractivity contribution in [1.29, 1.82) is 0 Å². The summed E-state index contributed by atoms with van der Waals surface area (Å²) in [4.78, 5) is 12.3. The Morgan fingerprint density at radius 1 is 1.12 bits per heavy atom. The van der Waals surface area contributed by atoms with Crippen LogP contribution in [0.5, 0.6) is 5.75 Å². The van der Waals surface area contributed by atoms with Crippen LogP contribution in [0.3, 0.4) is 0 Å². The fourth-order valence-corrected chi connectivity index (χ4v) is 4.39. The number of nitrogens with one attached hydrogen (secondary N) is 1. The zero-order valence-electron chi connectivity index (χ0n) is 14.8. The number of halogens is 1. The molecule has 26 heavy (non-hydrogen) atoms. The van der Waals surface area contributed by atoms with Gasteiger partial charge in [0.2, 0.25) is 10.0 Å². The topological polar surface area (TPSA) is 75.7 Å². The van der Waals surface area contributed by atoms with Crippen LogP contribution >= 0.6 is 11.6 Å². The van der Waals surface area contributed by atoms with Crippen molar-refractivity contribution in [1.82, 2.24) is 4.31 Å². The third-order valence-corrected chi connectivity index (χ3v) is 6.40. The maximum atomic E-state index is 12.7. The fourth-order valence-electron chi connectivity index (χ4n) is 2.43. The predicted molar refractivity (Wildman–Crippen MR) is 103 cm³/mol. The van der Waals surface area contributed by atoms with Crippen LogP contribution in [-0.2, 0) is 10.0 Å². The van der Waals surface area contributed by atoms with Crippen LogP contribution in [-0.4, -0.2) is 38.8 Å². The highest BCUT2D eigenvalue weighted by molar-refractivity contribution is 7.89. The maximum Gasteiger partial charge on any atom is 0.255 e. The Hall–Kier alpha value is -2.09. The first-order valence-electron chi connectivity index (χ1n) is 8.08. The number of methoxy groups -OCH3 is 1. The lowest BCUT2D eigenvalue weighted by Gasteiger charge is -2.19. The van der Waals surface area contributed by atoms with Crippen molar-refractivity contribution in [2.24, 2.45) is 0 Å². The van der Waals surface area contributed by atoms with Gasteiger partial charge in [0.25, 0.3) is 5.91 Å². The lowest BCUT2D eigenvalue weighted by molar-refractivity contribution is 0.102. The molecule has 0 fully saturated rings. The Morgan fingerprint density at radius 2 is 1.73 bits per heavy atom. The van der Waals surface area contributed by atoms with Crippen LogP contribution in [0.2, 0.25) is 5.02 Å². The number of benzene rings is 2. The Labute approximate surface area is 158 Å². The third kappa shape index (κ3) is 4.35. The van der Waals surface area contributed by atoms with E-state index in [0.29, 0.717) is 30.1 Å². The number of ether oxygens (including phenoxy) is 1. The van der Waals surface area contributed by atoms with Crippen LogP contribution in [0.4, 0.5) is 5.69 Å². The molecule has 0 saturated carbocycles. The highest BCUT2D eigenvalue weighted by Crippen LogP contribution is 2.28. The number of hydrogen-bond acceptors (Lipinski definition) is 4. The second-order valence-electron chi connectivity index (χ2n) is 5.42. The number of hydrogen-bond donors (Lipinski definition) is 1. The lowest BCUT2D eigenvalue weighted by atomic mass is 10.2. The molecule has 2 rings (SSSR count). The van der Waals surface area contributed by atoms with Crippen molar-refractivity contribution < 1.29 is 17.9 Å². The van der Waals surface area contributed by atoms with Gasteiger partial charge in [-0.2, -0.15) is 4.31 Å². The monoisotopic (exact) mass is 396 g/mol. The van der Waals surface area contributed by atoms with Crippen molar-refractivity contribution in [2.75, 3.05) is 25.5 Å². The molecule has 8 heteroatoms. The van der Waals surface area contributed by atoms with E-state index in [0.717, 1.165) is 0 Å². The van der Waals surface area contributed by atoms with Gasteiger partial charge in [0.1, 0.15) is 10.6 Å². The van der Waals surface area contributed by atoms with E-state index in [9.17, 15) is 13.2 Å². The smallest absolute Gasteiger partial charge is 0.255 e. The second-order valence-corrected chi connectivity index (χ2v) is 7.73. The molecule has 0 bridgehead atoms. The zero-order valence-corrected chi connectivity index (χ0v) is 16.4. The quantitative estimate of drug-likeness (QED) is 0.775. The number of anilines is 1. The summed E-state index contributed by atoms with van der Waals surface area (Å²) < 4.78 is 31.8. The molecule has 1 amide bonds. The van der Waals surface area contributed by atoms with Crippen LogP contribution in [0, 0.1) is 0 Å². The number of nitrogens with zero attached hydrogens (tertiary/aromatic N) is 1. The number of amides is 1. The summed E-state index contributed by atoms with van der Waals surface area (Å²) >= 11 is 6.09. The van der Waals surface area contributed by atoms with Crippen molar-refractivity contribution in [3.8, 4) is 5.75 Å². The van der Waals surface area contributed by atoms with E-state index in [-0.39, 0.29) is 15.8 Å². The molecule has 0 aliphatic rings. The Balaban J connectivity index is 2.30. The van der Waals surface area contributed by atoms with Gasteiger partial charge in [-0.15, -0.1) is 0 Å². The van der Waals surface area contributed by atoms with Gasteiger partial charge in [0.05, 0.1) is 12.1 Å². The summed E-state index contributed by atoms with van der Waals surface area (Å²) in [7, 11) is -2.19. The third-order valence-electron chi connectivity index (χ3n) is 3.86. The summed E-state index contributed by atoms with van der Waals surface area (Å²) in [5.41, 5.74) is 0.773. The maximum absolute atomic E-state index is 12.7. The molecule has 0 unspecified atom stereocenters. The molecule has 1 N–H and O–H groups in total. The molecule has 0 aromatic heterocycles. The van der Waals surface area contributed by atoms with E-state index in [2.05, 4.69) is 5.32 Å². The van der Waals surface area contributed by atoms with Crippen molar-refractivity contribution >= 4 is 33.2 Å². The minimum Gasteiger partial charge on any atom is -0.497 e. The molecule has 140 valence electrons. The molecule has 0 spiro atoms. The van der Waals surface area contributed by atoms with Gasteiger partial charge in [0, 0.05) is 24.3 Å². The van der Waals surface area contributed by atoms with Gasteiger partial charge in [-0.3, -0.25) is 4.79 Å². The zero-order chi connectivity index (χ0) is 19.3. The Morgan fingerprint density at radius 3 is 2.27 bits per heavy atom. The molecule has 0 atom stereocenters. The molecule has 0 heterocycles. The van der Waals surface area contributed by atoms with Crippen molar-refractivity contribution in [3.63, 3.8) is 0 Å². The number of carbonyl (C=O) groups is 1. The molecule has 6 nitrogen and oxygen atoms in total. The second kappa shape index (κ2) is 8.53. The van der Waals surface area contributed by atoms with E-state index < -0.39 is 10.0 Å². The van der Waals surface area contributed by atoms with E-state index in [1.54, 1.807) is 51.3 Å². The summed E-state index contributed by atoms with van der Waals surface area (Å²) in [5.74, 6) is 0.279. The van der Waals surface area contributed by atoms with Crippen LogP contribution in [0.25, 0.3) is 0 Å². The summed E-state index contributed by atoms with van der Waals surface area (Å²) in [6.07, 6.45) is 0. The molecular formula is C18H21ClN2O4S. The van der Waals surface area contributed by atoms with E-state index in [4.69, 9.17) is 16.3 Å². The first-order valence-corrected chi connectivity index (χ1v) is 9.90. The van der Waals surface area contributed by atoms with E-state index in [1.807, 2.05) is 0 Å². The molecule has 0 saturated heterocycles. The van der Waals surface area contributed by atoms with Gasteiger partial charge in [-0.1, -0.05) is 25.4 Å². The number of rotatable bonds is 7. The molecule has 0 aliphatic carbocycles. The fraction of sp³-hybridized carbons (Fsp3) is 0.278. The highest BCUT2D eigenvalue weighted by atomic mass is 35.5. The SMILES string of the molecule is CCN(CC)S(=O)(=O)c1cc(NC(=O)c2ccc(OC)cc2)ccc1Cl. The first kappa shape index (κ1) is 20.2. The Bertz CT molecular complexity index is 879. The van der Waals surface area contributed by atoms with Crippen molar-refractivity contribution in [3.05, 3.63) is 53.1 Å². The van der Waals surface area contributed by atoms with Gasteiger partial charge >= 0.3 is 0 Å². The standard InChI is InChI=1S/C18H21ClN2O4S/c1-4-21(5-2)26(23,24)17-12-14(8-11-16(17)19)20-18(22)13-6-9-15(25-3)10-7-13/h6-12H,4-5H2,1-3H3,(H,20,22). The van der Waals surface area contributed by atoms with Crippen LogP contribution < -0.4 is 10.1 Å². The van der Waals surface area contributed by atoms with Crippen molar-refractivity contribution in [2.45, 2.75) is 18.7 Å². The molecule has 2 aromatic carbocycles. The molecule has 2 aromatic rings. The first-order chi connectivity index (χ1) is 12.3. The van der Waals surface area contributed by atoms with E-state index >= 15 is 0 Å². The van der Waals surface area contributed by atoms with E-state index in [1.165, 1.54) is 16.4 Å². The summed E-state index contributed by atoms with van der Waals surface area (Å²) in [5, 5.41) is 2.80. The summed E-state index contributed by atoms with van der Waals surface area (Å²) in [6, 6.07) is 11.0. The molecular weight excluding hydrogens is 376 g/mol. The van der Waals surface area contributed by atoms with Crippen LogP contribution in [0.1, 0.15) is 24.2 Å². The highest BCUT2D eigenvalue weighted by Gasteiger charge is 2.25. The lowest BCUT2D eigenvalue weighted by Crippen LogP contribution is -2.30. The molecule has 0 radical (unpaired) electrons. The van der Waals surface area contributed by atoms with Gasteiger partial charge in [-0.25, -0.2) is 8.42 Å². The minimum atomic E-state index is -3.73.